The average molecular weight is 408 g/mol. The van der Waals surface area contributed by atoms with Gasteiger partial charge in [-0.25, -0.2) is 0 Å². The van der Waals surface area contributed by atoms with E-state index in [0.29, 0.717) is 12.8 Å². The Kier molecular flexibility index (Phi) is 7.13. The van der Waals surface area contributed by atoms with Crippen molar-refractivity contribution in [1.82, 2.24) is 5.32 Å². The molecule has 1 saturated heterocycles. The lowest BCUT2D eigenvalue weighted by atomic mass is 9.67. The van der Waals surface area contributed by atoms with Gasteiger partial charge in [0.05, 0.1) is 5.60 Å². The number of aliphatic hydroxyl groups is 1. The van der Waals surface area contributed by atoms with E-state index in [0.717, 1.165) is 6.42 Å². The molecule has 1 aliphatic rings. The van der Waals surface area contributed by atoms with Crippen molar-refractivity contribution in [3.8, 4) is 0 Å². The van der Waals surface area contributed by atoms with Crippen LogP contribution < -0.4 is 5.32 Å². The fourth-order valence-electron chi connectivity index (χ4n) is 4.86. The van der Waals surface area contributed by atoms with Crippen LogP contribution in [0.2, 0.25) is 0 Å². The van der Waals surface area contributed by atoms with Gasteiger partial charge in [0, 0.05) is 24.4 Å². The second-order valence-electron chi connectivity index (χ2n) is 8.00. The third-order valence-electron chi connectivity index (χ3n) is 6.18. The van der Waals surface area contributed by atoms with Crippen LogP contribution in [0.3, 0.4) is 0 Å². The zero-order valence-electron chi connectivity index (χ0n) is 16.9. The molecule has 4 unspecified atom stereocenters. The molecule has 2 nitrogen and oxygen atoms in total. The number of hydrogen-bond donors (Lipinski definition) is 2. The standard InChI is InChI=1S/C26H29NO.ClH/c1-2-23-25(22-16-10-5-11-17-22)27-24(21-14-8-4-9-15-21)19-26(23,28)18-20-12-6-3-7-13-20;/h3-17,23-25,27-28H,2,18-19H2,1H3;1H. The van der Waals surface area contributed by atoms with Gasteiger partial charge in [-0.1, -0.05) is 97.9 Å². The second-order valence-corrected chi connectivity index (χ2v) is 8.00. The molecule has 0 amide bonds. The summed E-state index contributed by atoms with van der Waals surface area (Å²) < 4.78 is 0. The van der Waals surface area contributed by atoms with E-state index in [4.69, 9.17) is 0 Å². The minimum Gasteiger partial charge on any atom is -0.389 e. The molecule has 1 aliphatic heterocycles. The highest BCUT2D eigenvalue weighted by molar-refractivity contribution is 5.85. The molecule has 0 saturated carbocycles. The van der Waals surface area contributed by atoms with Crippen molar-refractivity contribution < 1.29 is 5.11 Å². The number of piperidine rings is 1. The van der Waals surface area contributed by atoms with E-state index in [1.54, 1.807) is 0 Å². The number of halogens is 1. The normalized spacial score (nSPS) is 26.5. The Morgan fingerprint density at radius 2 is 1.34 bits per heavy atom. The van der Waals surface area contributed by atoms with Crippen molar-refractivity contribution in [1.29, 1.82) is 0 Å². The zero-order chi connectivity index (χ0) is 19.4. The van der Waals surface area contributed by atoms with Crippen LogP contribution in [-0.2, 0) is 6.42 Å². The van der Waals surface area contributed by atoms with Crippen molar-refractivity contribution in [3.05, 3.63) is 108 Å². The van der Waals surface area contributed by atoms with Crippen LogP contribution in [-0.4, -0.2) is 10.7 Å². The van der Waals surface area contributed by atoms with Gasteiger partial charge in [0.15, 0.2) is 0 Å². The average Bonchev–Trinajstić information content (AvgIpc) is 2.75. The number of nitrogens with one attached hydrogen (secondary N) is 1. The molecule has 1 fully saturated rings. The van der Waals surface area contributed by atoms with Crippen molar-refractivity contribution in [2.75, 3.05) is 0 Å². The van der Waals surface area contributed by atoms with Gasteiger partial charge in [-0.3, -0.25) is 0 Å². The number of rotatable bonds is 5. The predicted molar refractivity (Wildman–Crippen MR) is 122 cm³/mol. The first-order valence-corrected chi connectivity index (χ1v) is 10.3. The Labute approximate surface area is 180 Å². The molecule has 152 valence electrons. The summed E-state index contributed by atoms with van der Waals surface area (Å²) in [5.41, 5.74) is 2.93. The van der Waals surface area contributed by atoms with E-state index < -0.39 is 5.60 Å². The Hall–Kier alpha value is -2.13. The van der Waals surface area contributed by atoms with E-state index in [1.165, 1.54) is 16.7 Å². The second kappa shape index (κ2) is 9.58. The molecule has 0 radical (unpaired) electrons. The number of hydrogen-bond acceptors (Lipinski definition) is 2. The highest BCUT2D eigenvalue weighted by Crippen LogP contribution is 2.46. The Morgan fingerprint density at radius 1 is 0.828 bits per heavy atom. The lowest BCUT2D eigenvalue weighted by Crippen LogP contribution is -2.54. The Bertz CT molecular complexity index is 871. The Balaban J connectivity index is 0.00000240. The van der Waals surface area contributed by atoms with Crippen LogP contribution in [0, 0.1) is 5.92 Å². The van der Waals surface area contributed by atoms with Crippen LogP contribution in [0.25, 0.3) is 0 Å². The summed E-state index contributed by atoms with van der Waals surface area (Å²) in [7, 11) is 0. The first-order valence-electron chi connectivity index (χ1n) is 10.3. The zero-order valence-corrected chi connectivity index (χ0v) is 17.7. The molecule has 0 spiro atoms. The Morgan fingerprint density at radius 3 is 1.90 bits per heavy atom. The molecule has 3 aromatic carbocycles. The molecule has 0 bridgehead atoms. The van der Waals surface area contributed by atoms with E-state index in [1.807, 2.05) is 12.1 Å². The van der Waals surface area contributed by atoms with Crippen LogP contribution in [0.1, 0.15) is 48.5 Å². The third kappa shape index (κ3) is 4.72. The van der Waals surface area contributed by atoms with Crippen LogP contribution >= 0.6 is 12.4 Å². The van der Waals surface area contributed by atoms with Crippen LogP contribution in [0.4, 0.5) is 0 Å². The van der Waals surface area contributed by atoms with E-state index in [-0.39, 0.29) is 30.4 Å². The van der Waals surface area contributed by atoms with Gasteiger partial charge >= 0.3 is 0 Å². The topological polar surface area (TPSA) is 32.3 Å². The van der Waals surface area contributed by atoms with Crippen LogP contribution in [0.5, 0.6) is 0 Å². The molecule has 0 aliphatic carbocycles. The predicted octanol–water partition coefficient (Wildman–Crippen LogP) is 5.88. The van der Waals surface area contributed by atoms with Gasteiger partial charge in [-0.05, 0) is 29.5 Å². The van der Waals surface area contributed by atoms with Crippen LogP contribution in [0.15, 0.2) is 91.0 Å². The van der Waals surface area contributed by atoms with Crippen molar-refractivity contribution in [3.63, 3.8) is 0 Å². The first-order chi connectivity index (χ1) is 13.7. The fraction of sp³-hybridized carbons (Fsp3) is 0.308. The molecule has 1 heterocycles. The van der Waals surface area contributed by atoms with Gasteiger partial charge in [0.25, 0.3) is 0 Å². The maximum absolute atomic E-state index is 12.0. The maximum atomic E-state index is 12.0. The highest BCUT2D eigenvalue weighted by Gasteiger charge is 2.47. The summed E-state index contributed by atoms with van der Waals surface area (Å²) in [6, 6.07) is 31.8. The summed E-state index contributed by atoms with van der Waals surface area (Å²) in [4.78, 5) is 0. The molecule has 3 aromatic rings. The molecular weight excluding hydrogens is 378 g/mol. The SMILES string of the molecule is CCC1C(c2ccccc2)NC(c2ccccc2)CC1(O)Cc1ccccc1.Cl. The molecule has 4 rings (SSSR count). The van der Waals surface area contributed by atoms with E-state index in [9.17, 15) is 5.11 Å². The van der Waals surface area contributed by atoms with Gasteiger partial charge < -0.3 is 10.4 Å². The summed E-state index contributed by atoms with van der Waals surface area (Å²) in [6.07, 6.45) is 2.33. The van der Waals surface area contributed by atoms with Crippen molar-refractivity contribution >= 4 is 12.4 Å². The van der Waals surface area contributed by atoms with E-state index in [2.05, 4.69) is 91.1 Å². The minimum absolute atomic E-state index is 0. The van der Waals surface area contributed by atoms with E-state index >= 15 is 0 Å². The number of benzene rings is 3. The summed E-state index contributed by atoms with van der Waals surface area (Å²) in [5, 5.41) is 15.9. The monoisotopic (exact) mass is 407 g/mol. The molecule has 2 N–H and O–H groups in total. The summed E-state index contributed by atoms with van der Waals surface area (Å²) >= 11 is 0. The smallest absolute Gasteiger partial charge is 0.0752 e. The maximum Gasteiger partial charge on any atom is 0.0752 e. The summed E-state index contributed by atoms with van der Waals surface area (Å²) in [6.45, 7) is 2.20. The molecule has 0 aromatic heterocycles. The first kappa shape index (κ1) is 21.6. The van der Waals surface area contributed by atoms with Crippen molar-refractivity contribution in [2.45, 2.75) is 43.9 Å². The quantitative estimate of drug-likeness (QED) is 0.553. The third-order valence-corrected chi connectivity index (χ3v) is 6.18. The van der Waals surface area contributed by atoms with Gasteiger partial charge in [-0.15, -0.1) is 12.4 Å². The molecule has 3 heteroatoms. The lowest BCUT2D eigenvalue weighted by molar-refractivity contribution is -0.0761. The van der Waals surface area contributed by atoms with Gasteiger partial charge in [0.2, 0.25) is 0 Å². The fourth-order valence-corrected chi connectivity index (χ4v) is 4.86. The lowest BCUT2D eigenvalue weighted by Gasteiger charge is -2.49. The minimum atomic E-state index is -0.762. The van der Waals surface area contributed by atoms with Gasteiger partial charge in [0.1, 0.15) is 0 Å². The largest absolute Gasteiger partial charge is 0.389 e. The van der Waals surface area contributed by atoms with Gasteiger partial charge in [-0.2, -0.15) is 0 Å². The molecule has 29 heavy (non-hydrogen) atoms. The van der Waals surface area contributed by atoms with Crippen molar-refractivity contribution in [2.24, 2.45) is 5.92 Å². The summed E-state index contributed by atoms with van der Waals surface area (Å²) in [5.74, 6) is 0.148. The molecular formula is C26H30ClNO. The highest BCUT2D eigenvalue weighted by atomic mass is 35.5. The molecule has 4 atom stereocenters.